The first kappa shape index (κ1) is 25.1. The lowest BCUT2D eigenvalue weighted by Gasteiger charge is -2.26. The number of hydrogen-bond donors (Lipinski definition) is 1. The Labute approximate surface area is 195 Å². The summed E-state index contributed by atoms with van der Waals surface area (Å²) in [5.74, 6) is -1.72. The summed E-state index contributed by atoms with van der Waals surface area (Å²) in [6.07, 6.45) is -1.23. The molecule has 1 unspecified atom stereocenters. The summed E-state index contributed by atoms with van der Waals surface area (Å²) in [6, 6.07) is 11.2. The van der Waals surface area contributed by atoms with Crippen LogP contribution >= 0.6 is 0 Å². The third-order valence-corrected chi connectivity index (χ3v) is 6.69. The number of amides is 1. The number of morpholine rings is 1. The number of anilines is 1. The molecule has 34 heavy (non-hydrogen) atoms. The molecule has 0 aromatic heterocycles. The number of rotatable bonds is 9. The van der Waals surface area contributed by atoms with Crippen molar-refractivity contribution in [2.45, 2.75) is 17.9 Å². The first-order valence-corrected chi connectivity index (χ1v) is 11.7. The predicted octanol–water partition coefficient (Wildman–Crippen LogP) is 1.56. The van der Waals surface area contributed by atoms with E-state index in [2.05, 4.69) is 5.32 Å². The SMILES string of the molecule is CC(OC(=O)COc1ccccc1[N+](=O)[O-])C(=O)Nc1cccc(S(=O)(=O)N2CCOCC2)c1. The first-order valence-electron chi connectivity index (χ1n) is 10.2. The Hall–Kier alpha value is -3.55. The maximum Gasteiger partial charge on any atom is 0.344 e. The van der Waals surface area contributed by atoms with Gasteiger partial charge in [-0.3, -0.25) is 14.9 Å². The third kappa shape index (κ3) is 6.27. The minimum atomic E-state index is -3.75. The highest BCUT2D eigenvalue weighted by Gasteiger charge is 2.27. The maximum absolute atomic E-state index is 12.8. The second-order valence-electron chi connectivity index (χ2n) is 7.18. The number of benzene rings is 2. The number of carbonyl (C=O) groups is 2. The molecule has 12 nitrogen and oxygen atoms in total. The number of nitrogens with zero attached hydrogens (tertiary/aromatic N) is 2. The number of hydrogen-bond acceptors (Lipinski definition) is 9. The van der Waals surface area contributed by atoms with E-state index in [1.807, 2.05) is 0 Å². The number of nitro benzene ring substituents is 1. The number of ether oxygens (including phenoxy) is 3. The van der Waals surface area contributed by atoms with E-state index in [0.29, 0.717) is 13.2 Å². The Morgan fingerprint density at radius 1 is 1.18 bits per heavy atom. The number of esters is 1. The fourth-order valence-corrected chi connectivity index (χ4v) is 4.52. The van der Waals surface area contributed by atoms with Crippen LogP contribution in [0.25, 0.3) is 0 Å². The molecule has 1 aliphatic rings. The van der Waals surface area contributed by atoms with Gasteiger partial charge in [0.15, 0.2) is 18.5 Å². The Morgan fingerprint density at radius 3 is 2.59 bits per heavy atom. The van der Waals surface area contributed by atoms with Crippen molar-refractivity contribution in [3.8, 4) is 5.75 Å². The summed E-state index contributed by atoms with van der Waals surface area (Å²) in [5.41, 5.74) is -0.105. The average Bonchev–Trinajstić information content (AvgIpc) is 2.83. The van der Waals surface area contributed by atoms with Gasteiger partial charge in [0.05, 0.1) is 23.0 Å². The van der Waals surface area contributed by atoms with E-state index in [0.717, 1.165) is 0 Å². The van der Waals surface area contributed by atoms with Crippen molar-refractivity contribution in [2.75, 3.05) is 38.2 Å². The topological polar surface area (TPSA) is 154 Å². The Kier molecular flexibility index (Phi) is 8.15. The van der Waals surface area contributed by atoms with E-state index in [-0.39, 0.29) is 35.1 Å². The third-order valence-electron chi connectivity index (χ3n) is 4.79. The fraction of sp³-hybridized carbons (Fsp3) is 0.333. The lowest BCUT2D eigenvalue weighted by atomic mass is 10.3. The van der Waals surface area contributed by atoms with Crippen molar-refractivity contribution in [2.24, 2.45) is 0 Å². The Balaban J connectivity index is 1.57. The highest BCUT2D eigenvalue weighted by Crippen LogP contribution is 2.25. The van der Waals surface area contributed by atoms with Crippen LogP contribution in [0.15, 0.2) is 53.4 Å². The molecule has 1 atom stereocenters. The van der Waals surface area contributed by atoms with Crippen LogP contribution in [0.4, 0.5) is 11.4 Å². The van der Waals surface area contributed by atoms with Crippen LogP contribution in [0.2, 0.25) is 0 Å². The highest BCUT2D eigenvalue weighted by molar-refractivity contribution is 7.89. The molecule has 0 saturated carbocycles. The van der Waals surface area contributed by atoms with E-state index < -0.39 is 39.5 Å². The molecule has 0 bridgehead atoms. The molecule has 13 heteroatoms. The monoisotopic (exact) mass is 493 g/mol. The zero-order chi connectivity index (χ0) is 24.7. The van der Waals surface area contributed by atoms with Crippen LogP contribution in [-0.2, 0) is 29.1 Å². The van der Waals surface area contributed by atoms with Crippen LogP contribution in [0, 0.1) is 10.1 Å². The van der Waals surface area contributed by atoms with Gasteiger partial charge in [0.2, 0.25) is 10.0 Å². The molecule has 0 radical (unpaired) electrons. The minimum absolute atomic E-state index is 0.00898. The average molecular weight is 493 g/mol. The van der Waals surface area contributed by atoms with Crippen LogP contribution in [0.5, 0.6) is 5.75 Å². The van der Waals surface area contributed by atoms with Gasteiger partial charge >= 0.3 is 11.7 Å². The van der Waals surface area contributed by atoms with E-state index in [1.54, 1.807) is 0 Å². The van der Waals surface area contributed by atoms with E-state index >= 15 is 0 Å². The lowest BCUT2D eigenvalue weighted by Crippen LogP contribution is -2.40. The van der Waals surface area contributed by atoms with Crippen molar-refractivity contribution in [1.29, 1.82) is 0 Å². The number of sulfonamides is 1. The molecular weight excluding hydrogens is 470 g/mol. The fourth-order valence-electron chi connectivity index (χ4n) is 3.07. The normalized spacial score (nSPS) is 15.2. The van der Waals surface area contributed by atoms with E-state index in [9.17, 15) is 28.1 Å². The molecule has 1 heterocycles. The minimum Gasteiger partial charge on any atom is -0.475 e. The first-order chi connectivity index (χ1) is 16.2. The zero-order valence-corrected chi connectivity index (χ0v) is 19.0. The van der Waals surface area contributed by atoms with Gasteiger partial charge in [0.1, 0.15) is 0 Å². The molecule has 0 spiro atoms. The molecule has 1 amide bonds. The smallest absolute Gasteiger partial charge is 0.344 e. The van der Waals surface area contributed by atoms with Gasteiger partial charge < -0.3 is 19.5 Å². The predicted molar refractivity (Wildman–Crippen MR) is 119 cm³/mol. The van der Waals surface area contributed by atoms with E-state index in [1.165, 1.54) is 59.8 Å². The molecule has 182 valence electrons. The summed E-state index contributed by atoms with van der Waals surface area (Å²) >= 11 is 0. The van der Waals surface area contributed by atoms with Gasteiger partial charge in [0, 0.05) is 24.8 Å². The zero-order valence-electron chi connectivity index (χ0n) is 18.2. The van der Waals surface area contributed by atoms with Gasteiger partial charge in [-0.25, -0.2) is 13.2 Å². The molecule has 2 aromatic rings. The lowest BCUT2D eigenvalue weighted by molar-refractivity contribution is -0.385. The van der Waals surface area contributed by atoms with E-state index in [4.69, 9.17) is 14.2 Å². The molecular formula is C21H23N3O9S. The summed E-state index contributed by atoms with van der Waals surface area (Å²) in [4.78, 5) is 34.8. The number of nitro groups is 1. The van der Waals surface area contributed by atoms with Crippen molar-refractivity contribution in [1.82, 2.24) is 4.31 Å². The summed E-state index contributed by atoms with van der Waals surface area (Å²) in [6.45, 7) is 1.77. The second-order valence-corrected chi connectivity index (χ2v) is 9.12. The van der Waals surface area contributed by atoms with Crippen molar-refractivity contribution >= 4 is 33.3 Å². The molecule has 1 fully saturated rings. The van der Waals surface area contributed by atoms with Crippen molar-refractivity contribution in [3.05, 3.63) is 58.6 Å². The molecule has 3 rings (SSSR count). The highest BCUT2D eigenvalue weighted by atomic mass is 32.2. The standard InChI is InChI=1S/C21H23N3O9S/c1-15(33-20(25)14-32-19-8-3-2-7-18(19)24(27)28)21(26)22-16-5-4-6-17(13-16)34(29,30)23-9-11-31-12-10-23/h2-8,13,15H,9-12,14H2,1H3,(H,22,26). The van der Waals surface area contributed by atoms with Gasteiger partial charge in [-0.15, -0.1) is 0 Å². The number of carbonyl (C=O) groups excluding carboxylic acids is 2. The van der Waals surface area contributed by atoms with Gasteiger partial charge in [0.25, 0.3) is 5.91 Å². The summed E-state index contributed by atoms with van der Waals surface area (Å²) < 4.78 is 42.2. The van der Waals surface area contributed by atoms with Crippen molar-refractivity contribution < 1.29 is 37.1 Å². The summed E-state index contributed by atoms with van der Waals surface area (Å²) in [7, 11) is -3.75. The van der Waals surface area contributed by atoms with Crippen LogP contribution in [0.3, 0.4) is 0 Å². The van der Waals surface area contributed by atoms with Crippen molar-refractivity contribution in [3.63, 3.8) is 0 Å². The molecule has 0 aliphatic carbocycles. The van der Waals surface area contributed by atoms with Gasteiger partial charge in [-0.1, -0.05) is 18.2 Å². The Morgan fingerprint density at radius 2 is 1.88 bits per heavy atom. The quantitative estimate of drug-likeness (QED) is 0.311. The molecule has 1 N–H and O–H groups in total. The second kappa shape index (κ2) is 11.0. The molecule has 2 aromatic carbocycles. The largest absolute Gasteiger partial charge is 0.475 e. The Bertz CT molecular complexity index is 1160. The molecule has 1 saturated heterocycles. The van der Waals surface area contributed by atoms with Crippen LogP contribution < -0.4 is 10.1 Å². The van der Waals surface area contributed by atoms with Crippen LogP contribution in [-0.4, -0.2) is 68.5 Å². The number of para-hydroxylation sites is 2. The van der Waals surface area contributed by atoms with Gasteiger partial charge in [-0.2, -0.15) is 4.31 Å². The van der Waals surface area contributed by atoms with Crippen LogP contribution in [0.1, 0.15) is 6.92 Å². The number of nitrogens with one attached hydrogen (secondary N) is 1. The summed E-state index contributed by atoms with van der Waals surface area (Å²) in [5, 5.41) is 13.5. The maximum atomic E-state index is 12.8. The molecule has 1 aliphatic heterocycles. The van der Waals surface area contributed by atoms with Gasteiger partial charge in [-0.05, 0) is 31.2 Å².